The van der Waals surface area contributed by atoms with Crippen LogP contribution in [0.2, 0.25) is 5.02 Å². The molecule has 0 spiro atoms. The zero-order chi connectivity index (χ0) is 16.3. The molecule has 0 saturated heterocycles. The Morgan fingerprint density at radius 1 is 1.27 bits per heavy atom. The summed E-state index contributed by atoms with van der Waals surface area (Å²) in [5.41, 5.74) is 0. The molecule has 1 atom stereocenters. The third-order valence-corrected chi connectivity index (χ3v) is 6.10. The van der Waals surface area contributed by atoms with E-state index in [0.29, 0.717) is 29.8 Å². The third kappa shape index (κ3) is 4.44. The van der Waals surface area contributed by atoms with Crippen molar-refractivity contribution < 1.29 is 13.5 Å². The van der Waals surface area contributed by atoms with Crippen molar-refractivity contribution in [1.82, 2.24) is 4.31 Å². The van der Waals surface area contributed by atoms with Gasteiger partial charge < -0.3 is 5.11 Å². The van der Waals surface area contributed by atoms with Gasteiger partial charge in [0.25, 0.3) is 0 Å². The molecule has 22 heavy (non-hydrogen) atoms. The number of sulfonamides is 1. The van der Waals surface area contributed by atoms with Crippen molar-refractivity contribution in [2.24, 2.45) is 11.8 Å². The highest BCUT2D eigenvalue weighted by Gasteiger charge is 2.36. The normalized spacial score (nSPS) is 17.2. The molecular weight excluding hydrogens is 322 g/mol. The highest BCUT2D eigenvalue weighted by molar-refractivity contribution is 7.89. The summed E-state index contributed by atoms with van der Waals surface area (Å²) in [5, 5.41) is 10.2. The van der Waals surface area contributed by atoms with Crippen LogP contribution >= 0.6 is 11.6 Å². The van der Waals surface area contributed by atoms with E-state index in [4.69, 9.17) is 11.6 Å². The lowest BCUT2D eigenvalue weighted by molar-refractivity contribution is 0.164. The van der Waals surface area contributed by atoms with Crippen molar-refractivity contribution in [3.63, 3.8) is 0 Å². The summed E-state index contributed by atoms with van der Waals surface area (Å²) in [6.07, 6.45) is 2.77. The van der Waals surface area contributed by atoms with E-state index in [2.05, 4.69) is 0 Å². The van der Waals surface area contributed by atoms with Crippen LogP contribution < -0.4 is 0 Å². The first kappa shape index (κ1) is 17.7. The lowest BCUT2D eigenvalue weighted by Crippen LogP contribution is -2.44. The SMILES string of the molecule is CC(C)C[C@H](CO)N(CC1CC1)S(=O)(=O)c1ccc(Cl)cc1. The summed E-state index contributed by atoms with van der Waals surface area (Å²) in [6.45, 7) is 4.40. The van der Waals surface area contributed by atoms with E-state index < -0.39 is 10.0 Å². The molecule has 0 aromatic heterocycles. The minimum Gasteiger partial charge on any atom is -0.395 e. The second kappa shape index (κ2) is 7.30. The van der Waals surface area contributed by atoms with Gasteiger partial charge in [-0.25, -0.2) is 8.42 Å². The van der Waals surface area contributed by atoms with Crippen LogP contribution in [0.3, 0.4) is 0 Å². The van der Waals surface area contributed by atoms with Crippen molar-refractivity contribution in [1.29, 1.82) is 0 Å². The predicted octanol–water partition coefficient (Wildman–Crippen LogP) is 3.15. The van der Waals surface area contributed by atoms with E-state index in [9.17, 15) is 13.5 Å². The summed E-state index contributed by atoms with van der Waals surface area (Å²) >= 11 is 5.85. The van der Waals surface area contributed by atoms with Crippen molar-refractivity contribution in [2.75, 3.05) is 13.2 Å². The van der Waals surface area contributed by atoms with Gasteiger partial charge in [0.2, 0.25) is 10.0 Å². The molecule has 4 nitrogen and oxygen atoms in total. The molecular formula is C16H24ClNO3S. The van der Waals surface area contributed by atoms with E-state index in [0.717, 1.165) is 12.8 Å². The molecule has 1 N–H and O–H groups in total. The number of aliphatic hydroxyl groups excluding tert-OH is 1. The van der Waals surface area contributed by atoms with Gasteiger partial charge in [-0.2, -0.15) is 4.31 Å². The average molecular weight is 346 g/mol. The highest BCUT2D eigenvalue weighted by atomic mass is 35.5. The van der Waals surface area contributed by atoms with Crippen LogP contribution in [0, 0.1) is 11.8 Å². The Balaban J connectivity index is 2.31. The fourth-order valence-corrected chi connectivity index (χ4v) is 4.40. The molecule has 0 radical (unpaired) electrons. The molecule has 2 rings (SSSR count). The van der Waals surface area contributed by atoms with Gasteiger partial charge >= 0.3 is 0 Å². The van der Waals surface area contributed by atoms with Gasteiger partial charge in [-0.05, 0) is 55.4 Å². The maximum atomic E-state index is 13.0. The van der Waals surface area contributed by atoms with Crippen LogP contribution in [0.4, 0.5) is 0 Å². The van der Waals surface area contributed by atoms with Gasteiger partial charge in [-0.15, -0.1) is 0 Å². The molecule has 0 amide bonds. The van der Waals surface area contributed by atoms with Gasteiger partial charge in [-0.1, -0.05) is 25.4 Å². The first-order valence-electron chi connectivity index (χ1n) is 7.73. The standard InChI is InChI=1S/C16H24ClNO3S/c1-12(2)9-15(11-19)18(10-13-3-4-13)22(20,21)16-7-5-14(17)6-8-16/h5-8,12-13,15,19H,3-4,9-11H2,1-2H3/t15-/m1/s1. The molecule has 1 fully saturated rings. The smallest absolute Gasteiger partial charge is 0.243 e. The molecule has 1 saturated carbocycles. The first-order valence-corrected chi connectivity index (χ1v) is 9.54. The summed E-state index contributed by atoms with van der Waals surface area (Å²) in [4.78, 5) is 0.236. The zero-order valence-corrected chi connectivity index (χ0v) is 14.6. The number of benzene rings is 1. The molecule has 1 aromatic rings. The van der Waals surface area contributed by atoms with Gasteiger partial charge in [0.1, 0.15) is 0 Å². The number of nitrogens with zero attached hydrogens (tertiary/aromatic N) is 1. The van der Waals surface area contributed by atoms with Crippen molar-refractivity contribution in [3.8, 4) is 0 Å². The molecule has 1 aromatic carbocycles. The monoisotopic (exact) mass is 345 g/mol. The van der Waals surface area contributed by atoms with Crippen LogP contribution in [0.25, 0.3) is 0 Å². The molecule has 6 heteroatoms. The molecule has 0 aliphatic heterocycles. The third-order valence-electron chi connectivity index (χ3n) is 3.92. The van der Waals surface area contributed by atoms with E-state index in [1.54, 1.807) is 12.1 Å². The van der Waals surface area contributed by atoms with Crippen molar-refractivity contribution >= 4 is 21.6 Å². The lowest BCUT2D eigenvalue weighted by Gasteiger charge is -2.31. The topological polar surface area (TPSA) is 57.6 Å². The maximum absolute atomic E-state index is 13.0. The Bertz CT molecular complexity index is 582. The first-order chi connectivity index (χ1) is 10.3. The molecule has 0 bridgehead atoms. The molecule has 1 aliphatic rings. The quantitative estimate of drug-likeness (QED) is 0.787. The number of aliphatic hydroxyl groups is 1. The molecule has 1 aliphatic carbocycles. The zero-order valence-electron chi connectivity index (χ0n) is 13.1. The Kier molecular flexibility index (Phi) is 5.88. The maximum Gasteiger partial charge on any atom is 0.243 e. The number of halogens is 1. The fraction of sp³-hybridized carbons (Fsp3) is 0.625. The van der Waals surface area contributed by atoms with Crippen LogP contribution in [0.1, 0.15) is 33.1 Å². The van der Waals surface area contributed by atoms with Crippen molar-refractivity contribution in [2.45, 2.75) is 44.0 Å². The molecule has 0 heterocycles. The van der Waals surface area contributed by atoms with Gasteiger partial charge in [0.05, 0.1) is 11.5 Å². The predicted molar refractivity (Wildman–Crippen MR) is 88.4 cm³/mol. The van der Waals surface area contributed by atoms with Gasteiger partial charge in [0.15, 0.2) is 0 Å². The Morgan fingerprint density at radius 3 is 2.32 bits per heavy atom. The minimum atomic E-state index is -3.62. The largest absolute Gasteiger partial charge is 0.395 e. The summed E-state index contributed by atoms with van der Waals surface area (Å²) in [5.74, 6) is 0.738. The van der Waals surface area contributed by atoms with E-state index in [1.165, 1.54) is 16.4 Å². The number of hydrogen-bond donors (Lipinski definition) is 1. The van der Waals surface area contributed by atoms with Gasteiger partial charge in [0, 0.05) is 17.6 Å². The van der Waals surface area contributed by atoms with Crippen LogP contribution in [-0.4, -0.2) is 37.0 Å². The summed E-state index contributed by atoms with van der Waals surface area (Å²) in [6, 6.07) is 5.85. The fourth-order valence-electron chi connectivity index (χ4n) is 2.57. The Hall–Kier alpha value is -0.620. The van der Waals surface area contributed by atoms with Crippen LogP contribution in [0.5, 0.6) is 0 Å². The Morgan fingerprint density at radius 2 is 1.86 bits per heavy atom. The summed E-state index contributed by atoms with van der Waals surface area (Å²) in [7, 11) is -3.62. The molecule has 0 unspecified atom stereocenters. The van der Waals surface area contributed by atoms with Gasteiger partial charge in [-0.3, -0.25) is 0 Å². The van der Waals surface area contributed by atoms with E-state index in [1.807, 2.05) is 13.8 Å². The average Bonchev–Trinajstić information content (AvgIpc) is 3.26. The van der Waals surface area contributed by atoms with Crippen LogP contribution in [-0.2, 0) is 10.0 Å². The number of rotatable bonds is 8. The summed E-state index contributed by atoms with van der Waals surface area (Å²) < 4.78 is 27.4. The Labute approximate surface area is 138 Å². The highest BCUT2D eigenvalue weighted by Crippen LogP contribution is 2.33. The second-order valence-corrected chi connectivity index (χ2v) is 8.76. The molecule has 124 valence electrons. The van der Waals surface area contributed by atoms with Crippen molar-refractivity contribution in [3.05, 3.63) is 29.3 Å². The minimum absolute atomic E-state index is 0.155. The lowest BCUT2D eigenvalue weighted by atomic mass is 10.0. The number of hydrogen-bond acceptors (Lipinski definition) is 3. The van der Waals surface area contributed by atoms with E-state index >= 15 is 0 Å². The second-order valence-electron chi connectivity index (χ2n) is 6.44. The van der Waals surface area contributed by atoms with Crippen LogP contribution in [0.15, 0.2) is 29.2 Å². The van der Waals surface area contributed by atoms with E-state index in [-0.39, 0.29) is 17.5 Å².